The van der Waals surface area contributed by atoms with Crippen LogP contribution in [0.5, 0.6) is 0 Å². The molecule has 4 N–H and O–H groups in total. The van der Waals surface area contributed by atoms with E-state index in [0.29, 0.717) is 0 Å². The number of rotatable bonds is 7. The van der Waals surface area contributed by atoms with E-state index in [2.05, 4.69) is 74.5 Å². The van der Waals surface area contributed by atoms with E-state index in [4.69, 9.17) is 5.73 Å². The van der Waals surface area contributed by atoms with Crippen molar-refractivity contribution in [2.45, 2.75) is 51.0 Å². The third-order valence-corrected chi connectivity index (χ3v) is 4.61. The lowest BCUT2D eigenvalue weighted by Crippen LogP contribution is -2.44. The molecule has 0 saturated heterocycles. The fourth-order valence-corrected chi connectivity index (χ4v) is 3.07. The van der Waals surface area contributed by atoms with E-state index < -0.39 is 0 Å². The second-order valence-corrected chi connectivity index (χ2v) is 6.04. The van der Waals surface area contributed by atoms with E-state index in [9.17, 15) is 0 Å². The number of unbranched alkanes of at least 4 members (excludes halogenated alkanes) is 2. The van der Waals surface area contributed by atoms with Gasteiger partial charge in [0.05, 0.1) is 0 Å². The van der Waals surface area contributed by atoms with Crippen LogP contribution < -0.4 is 5.73 Å². The molecule has 2 nitrogen and oxygen atoms in total. The molecule has 0 fully saturated rings. The van der Waals surface area contributed by atoms with Crippen molar-refractivity contribution in [1.82, 2.24) is 0 Å². The first kappa shape index (κ1) is 18.4. The maximum absolute atomic E-state index is 6.66. The predicted octanol–water partition coefficient (Wildman–Crippen LogP) is 4.08. The Kier molecular flexibility index (Phi) is 7.30. The summed E-state index contributed by atoms with van der Waals surface area (Å²) in [7, 11) is 0. The molecular formula is C20H29NO. The van der Waals surface area contributed by atoms with Crippen LogP contribution in [0.2, 0.25) is 0 Å². The molecule has 22 heavy (non-hydrogen) atoms. The van der Waals surface area contributed by atoms with Gasteiger partial charge in [-0.05, 0) is 24.5 Å². The van der Waals surface area contributed by atoms with Crippen molar-refractivity contribution in [1.29, 1.82) is 0 Å². The molecule has 0 aromatic heterocycles. The Morgan fingerprint density at radius 3 is 1.73 bits per heavy atom. The van der Waals surface area contributed by atoms with Crippen LogP contribution >= 0.6 is 0 Å². The minimum absolute atomic E-state index is 0. The molecule has 0 aliphatic heterocycles. The Hall–Kier alpha value is -1.64. The zero-order valence-corrected chi connectivity index (χ0v) is 13.8. The second-order valence-electron chi connectivity index (χ2n) is 6.04. The monoisotopic (exact) mass is 299 g/mol. The molecule has 0 saturated carbocycles. The Balaban J connectivity index is 0.00000242. The molecule has 2 aromatic carbocycles. The van der Waals surface area contributed by atoms with Crippen molar-refractivity contribution < 1.29 is 5.48 Å². The fraction of sp³-hybridized carbons (Fsp3) is 0.400. The summed E-state index contributed by atoms with van der Waals surface area (Å²) >= 11 is 0. The quantitative estimate of drug-likeness (QED) is 0.770. The molecule has 2 heteroatoms. The van der Waals surface area contributed by atoms with Crippen LogP contribution in [0.1, 0.15) is 50.7 Å². The number of hydrogen-bond donors (Lipinski definition) is 1. The molecule has 0 aliphatic carbocycles. The van der Waals surface area contributed by atoms with E-state index >= 15 is 0 Å². The van der Waals surface area contributed by atoms with Gasteiger partial charge < -0.3 is 11.2 Å². The summed E-state index contributed by atoms with van der Waals surface area (Å²) in [5, 5.41) is 0. The standard InChI is InChI=1S/C20H27N.H2O/c1-3-4-7-16-19(21)20(2,17-12-8-5-9-13-17)18-14-10-6-11-15-18;/h5-6,8-15,19H,3-4,7,16,21H2,1-2H3;1H2. The van der Waals surface area contributed by atoms with Crippen molar-refractivity contribution in [3.05, 3.63) is 71.8 Å². The van der Waals surface area contributed by atoms with Crippen LogP contribution in [0.4, 0.5) is 0 Å². The Morgan fingerprint density at radius 1 is 0.864 bits per heavy atom. The topological polar surface area (TPSA) is 57.5 Å². The molecule has 0 bridgehead atoms. The number of nitrogens with two attached hydrogens (primary N) is 1. The lowest BCUT2D eigenvalue weighted by molar-refractivity contribution is 0.404. The second kappa shape index (κ2) is 8.72. The summed E-state index contributed by atoms with van der Waals surface area (Å²) in [6.07, 6.45) is 4.76. The minimum atomic E-state index is -0.129. The van der Waals surface area contributed by atoms with Gasteiger partial charge in [-0.1, -0.05) is 86.8 Å². The van der Waals surface area contributed by atoms with Crippen LogP contribution in [0, 0.1) is 0 Å². The summed E-state index contributed by atoms with van der Waals surface area (Å²) in [5.41, 5.74) is 9.14. The third kappa shape index (κ3) is 3.96. The maximum Gasteiger partial charge on any atom is 0.0325 e. The molecule has 0 amide bonds. The van der Waals surface area contributed by atoms with Crippen LogP contribution in [-0.4, -0.2) is 11.5 Å². The Labute approximate surface area is 134 Å². The molecule has 0 spiro atoms. The summed E-state index contributed by atoms with van der Waals surface area (Å²) in [6.45, 7) is 4.52. The normalized spacial score (nSPS) is 12.5. The van der Waals surface area contributed by atoms with E-state index in [1.807, 2.05) is 0 Å². The van der Waals surface area contributed by atoms with Gasteiger partial charge >= 0.3 is 0 Å². The van der Waals surface area contributed by atoms with Gasteiger partial charge in [-0.15, -0.1) is 0 Å². The van der Waals surface area contributed by atoms with Gasteiger partial charge in [0.15, 0.2) is 0 Å². The minimum Gasteiger partial charge on any atom is -0.412 e. The summed E-state index contributed by atoms with van der Waals surface area (Å²) in [5.74, 6) is 0. The molecule has 1 atom stereocenters. The lowest BCUT2D eigenvalue weighted by Gasteiger charge is -2.37. The highest BCUT2D eigenvalue weighted by Crippen LogP contribution is 2.36. The lowest BCUT2D eigenvalue weighted by atomic mass is 9.69. The van der Waals surface area contributed by atoms with Gasteiger partial charge in [-0.25, -0.2) is 0 Å². The SMILES string of the molecule is CCCCCC(N)C(C)(c1ccccc1)c1ccccc1.O. The molecule has 0 aliphatic rings. The number of hydrogen-bond acceptors (Lipinski definition) is 1. The first-order chi connectivity index (χ1) is 10.2. The van der Waals surface area contributed by atoms with Crippen molar-refractivity contribution in [2.24, 2.45) is 5.73 Å². The average Bonchev–Trinajstić information content (AvgIpc) is 2.56. The Morgan fingerprint density at radius 2 is 1.32 bits per heavy atom. The number of benzene rings is 2. The zero-order valence-electron chi connectivity index (χ0n) is 13.8. The van der Waals surface area contributed by atoms with E-state index in [-0.39, 0.29) is 16.9 Å². The van der Waals surface area contributed by atoms with Crippen LogP contribution in [-0.2, 0) is 5.41 Å². The van der Waals surface area contributed by atoms with Gasteiger partial charge in [0.1, 0.15) is 0 Å². The first-order valence-electron chi connectivity index (χ1n) is 8.06. The summed E-state index contributed by atoms with van der Waals surface area (Å²) < 4.78 is 0. The largest absolute Gasteiger partial charge is 0.412 e. The molecule has 1 unspecified atom stereocenters. The van der Waals surface area contributed by atoms with Crippen LogP contribution in [0.3, 0.4) is 0 Å². The van der Waals surface area contributed by atoms with Crippen molar-refractivity contribution in [3.8, 4) is 0 Å². The van der Waals surface area contributed by atoms with E-state index in [1.165, 1.54) is 30.4 Å². The predicted molar refractivity (Wildman–Crippen MR) is 95.1 cm³/mol. The fourth-order valence-electron chi connectivity index (χ4n) is 3.07. The first-order valence-corrected chi connectivity index (χ1v) is 8.06. The van der Waals surface area contributed by atoms with Crippen molar-refractivity contribution >= 4 is 0 Å². The highest BCUT2D eigenvalue weighted by atomic mass is 16.0. The highest BCUT2D eigenvalue weighted by Gasteiger charge is 2.34. The maximum atomic E-state index is 6.66. The molecular weight excluding hydrogens is 270 g/mol. The zero-order chi connectivity index (χ0) is 15.1. The van der Waals surface area contributed by atoms with Gasteiger partial charge in [0.2, 0.25) is 0 Å². The average molecular weight is 299 g/mol. The third-order valence-electron chi connectivity index (χ3n) is 4.61. The van der Waals surface area contributed by atoms with Gasteiger partial charge in [-0.3, -0.25) is 0 Å². The molecule has 120 valence electrons. The van der Waals surface area contributed by atoms with Crippen molar-refractivity contribution in [2.75, 3.05) is 0 Å². The van der Waals surface area contributed by atoms with E-state index in [0.717, 1.165) is 6.42 Å². The van der Waals surface area contributed by atoms with Crippen LogP contribution in [0.25, 0.3) is 0 Å². The summed E-state index contributed by atoms with van der Waals surface area (Å²) in [4.78, 5) is 0. The molecule has 0 radical (unpaired) electrons. The van der Waals surface area contributed by atoms with Gasteiger partial charge in [0, 0.05) is 11.5 Å². The van der Waals surface area contributed by atoms with Crippen LogP contribution in [0.15, 0.2) is 60.7 Å². The Bertz CT molecular complexity index is 484. The van der Waals surface area contributed by atoms with Gasteiger partial charge in [0.25, 0.3) is 0 Å². The molecule has 2 rings (SSSR count). The van der Waals surface area contributed by atoms with Gasteiger partial charge in [-0.2, -0.15) is 0 Å². The molecule has 2 aromatic rings. The van der Waals surface area contributed by atoms with E-state index in [1.54, 1.807) is 0 Å². The smallest absolute Gasteiger partial charge is 0.0325 e. The molecule has 0 heterocycles. The summed E-state index contributed by atoms with van der Waals surface area (Å²) in [6, 6.07) is 21.5. The van der Waals surface area contributed by atoms with Crippen molar-refractivity contribution in [3.63, 3.8) is 0 Å². The highest BCUT2D eigenvalue weighted by molar-refractivity contribution is 5.40.